The average Bonchev–Trinajstić information content (AvgIpc) is 2.81. The van der Waals surface area contributed by atoms with Crippen molar-refractivity contribution < 1.29 is 0 Å². The highest BCUT2D eigenvalue weighted by Gasteiger charge is 2.19. The normalized spacial score (nSPS) is 10.9. The molecular weight excluding hydrogens is 432 g/mol. The lowest BCUT2D eigenvalue weighted by atomic mass is 10.0. The summed E-state index contributed by atoms with van der Waals surface area (Å²) >= 11 is 6.24. The van der Waals surface area contributed by atoms with E-state index in [9.17, 15) is 4.79 Å². The second kappa shape index (κ2) is 9.43. The van der Waals surface area contributed by atoms with Crippen LogP contribution in [0.15, 0.2) is 77.6 Å². The highest BCUT2D eigenvalue weighted by molar-refractivity contribution is 6.31. The smallest absolute Gasteiger partial charge is 0.269 e. The fourth-order valence-electron chi connectivity index (χ4n) is 3.64. The van der Waals surface area contributed by atoms with Gasteiger partial charge < -0.3 is 10.7 Å². The lowest BCUT2D eigenvalue weighted by molar-refractivity contribution is 0.866. The summed E-state index contributed by atoms with van der Waals surface area (Å²) in [6.07, 6.45) is 1.05. The number of nitrogens with zero attached hydrogens (tertiary/aromatic N) is 2. The zero-order valence-corrected chi connectivity index (χ0v) is 19.5. The first-order chi connectivity index (χ1) is 15.9. The molecule has 0 unspecified atom stereocenters. The van der Waals surface area contributed by atoms with E-state index in [1.807, 2.05) is 55.5 Å². The van der Waals surface area contributed by atoms with Crippen molar-refractivity contribution in [1.82, 2.24) is 9.55 Å². The topological polar surface area (TPSA) is 70.8 Å². The number of halogens is 1. The molecule has 4 aromatic rings. The highest BCUT2D eigenvalue weighted by Crippen LogP contribution is 2.27. The van der Waals surface area contributed by atoms with Crippen LogP contribution in [0.3, 0.4) is 0 Å². The Morgan fingerprint density at radius 3 is 2.33 bits per heavy atom. The maximum absolute atomic E-state index is 13.7. The number of benzene rings is 3. The lowest BCUT2D eigenvalue weighted by Crippen LogP contribution is -2.27. The Balaban J connectivity index is 1.98. The van der Waals surface area contributed by atoms with Crippen molar-refractivity contribution in [2.75, 3.05) is 5.32 Å². The molecule has 0 saturated carbocycles. The van der Waals surface area contributed by atoms with Gasteiger partial charge >= 0.3 is 0 Å². The summed E-state index contributed by atoms with van der Waals surface area (Å²) in [5.41, 5.74) is 4.13. The summed E-state index contributed by atoms with van der Waals surface area (Å²) in [6, 6.07) is 23.0. The molecule has 0 amide bonds. The van der Waals surface area contributed by atoms with Gasteiger partial charge in [-0.05, 0) is 54.3 Å². The van der Waals surface area contributed by atoms with Gasteiger partial charge in [-0.2, -0.15) is 0 Å². The summed E-state index contributed by atoms with van der Waals surface area (Å²) in [6.45, 7) is 6.17. The lowest BCUT2D eigenvalue weighted by Gasteiger charge is -2.18. The van der Waals surface area contributed by atoms with Gasteiger partial charge in [-0.1, -0.05) is 67.9 Å². The first kappa shape index (κ1) is 22.5. The highest BCUT2D eigenvalue weighted by atomic mass is 35.5. The molecule has 1 heterocycles. The summed E-state index contributed by atoms with van der Waals surface area (Å²) in [7, 11) is 0. The van der Waals surface area contributed by atoms with Gasteiger partial charge in [0, 0.05) is 22.5 Å². The van der Waals surface area contributed by atoms with Crippen molar-refractivity contribution >= 4 is 29.3 Å². The van der Waals surface area contributed by atoms with E-state index in [0.29, 0.717) is 28.3 Å². The Bertz CT molecular complexity index is 1360. The number of nitrogens with one attached hydrogen (secondary N) is 2. The molecule has 33 heavy (non-hydrogen) atoms. The van der Waals surface area contributed by atoms with Crippen molar-refractivity contribution in [3.8, 4) is 17.1 Å². The van der Waals surface area contributed by atoms with Crippen LogP contribution in [0.1, 0.15) is 36.5 Å². The van der Waals surface area contributed by atoms with E-state index >= 15 is 0 Å². The monoisotopic (exact) mass is 456 g/mol. The number of anilines is 2. The van der Waals surface area contributed by atoms with Gasteiger partial charge in [0.1, 0.15) is 17.2 Å². The fraction of sp³-hybridized carbons (Fsp3) is 0.148. The molecule has 0 fully saturated rings. The van der Waals surface area contributed by atoms with E-state index in [-0.39, 0.29) is 11.1 Å². The first-order valence-corrected chi connectivity index (χ1v) is 11.1. The van der Waals surface area contributed by atoms with Gasteiger partial charge in [-0.15, -0.1) is 0 Å². The van der Waals surface area contributed by atoms with Gasteiger partial charge in [-0.3, -0.25) is 9.36 Å². The fourth-order valence-corrected chi connectivity index (χ4v) is 3.75. The first-order valence-electron chi connectivity index (χ1n) is 10.8. The van der Waals surface area contributed by atoms with Crippen molar-refractivity contribution in [3.63, 3.8) is 0 Å². The van der Waals surface area contributed by atoms with Gasteiger partial charge in [0.15, 0.2) is 0 Å². The van der Waals surface area contributed by atoms with Crippen LogP contribution in [0.25, 0.3) is 17.1 Å². The third-order valence-electron chi connectivity index (χ3n) is 5.53. The van der Waals surface area contributed by atoms with E-state index in [1.54, 1.807) is 16.7 Å². The number of rotatable bonds is 6. The number of hydrogen-bond acceptors (Lipinski definition) is 4. The third-order valence-corrected chi connectivity index (χ3v) is 5.96. The Morgan fingerprint density at radius 1 is 1.03 bits per heavy atom. The second-order valence-corrected chi connectivity index (χ2v) is 8.59. The number of para-hydroxylation sites is 1. The van der Waals surface area contributed by atoms with Crippen LogP contribution in [0.2, 0.25) is 5.02 Å². The molecule has 2 N–H and O–H groups in total. The van der Waals surface area contributed by atoms with E-state index in [2.05, 4.69) is 31.3 Å². The van der Waals surface area contributed by atoms with E-state index in [0.717, 1.165) is 23.0 Å². The Kier molecular flexibility index (Phi) is 6.43. The molecule has 0 atom stereocenters. The average molecular weight is 457 g/mol. The molecule has 0 aliphatic carbocycles. The third kappa shape index (κ3) is 4.59. The van der Waals surface area contributed by atoms with Crippen LogP contribution in [0, 0.1) is 12.3 Å². The molecule has 166 valence electrons. The SMILES string of the molecule is Cc1cc(-n2c(-c3ccc(C(C)C)cc3)nc(Nc3ccccc3)c(C=N)c2=O)ccc1Cl. The standard InChI is InChI=1S/C27H25ClN4O/c1-17(2)19-9-11-20(12-10-19)26-31-25(30-21-7-5-4-6-8-21)23(16-29)27(33)32(26)22-13-14-24(28)18(3)15-22/h4-17,29-30H,1-3H3. The largest absolute Gasteiger partial charge is 0.339 e. The maximum Gasteiger partial charge on any atom is 0.269 e. The van der Waals surface area contributed by atoms with Crippen molar-refractivity contribution in [1.29, 1.82) is 5.41 Å². The number of aryl methyl sites for hydroxylation is 1. The van der Waals surface area contributed by atoms with Crippen molar-refractivity contribution in [3.05, 3.63) is 105 Å². The minimum atomic E-state index is -0.330. The summed E-state index contributed by atoms with van der Waals surface area (Å²) in [5.74, 6) is 1.22. The summed E-state index contributed by atoms with van der Waals surface area (Å²) in [5, 5.41) is 11.8. The summed E-state index contributed by atoms with van der Waals surface area (Å²) < 4.78 is 1.55. The molecule has 0 spiro atoms. The maximum atomic E-state index is 13.7. The molecule has 0 aliphatic heterocycles. The van der Waals surface area contributed by atoms with Gasteiger partial charge in [0.05, 0.1) is 5.69 Å². The molecule has 0 bridgehead atoms. The molecule has 3 aromatic carbocycles. The minimum absolute atomic E-state index is 0.175. The Hall–Kier alpha value is -3.70. The van der Waals surface area contributed by atoms with Crippen LogP contribution in [0.4, 0.5) is 11.5 Å². The van der Waals surface area contributed by atoms with Crippen molar-refractivity contribution in [2.45, 2.75) is 26.7 Å². The molecular formula is C27H25ClN4O. The minimum Gasteiger partial charge on any atom is -0.339 e. The van der Waals surface area contributed by atoms with Crippen LogP contribution >= 0.6 is 11.6 Å². The molecule has 5 nitrogen and oxygen atoms in total. The molecule has 4 rings (SSSR count). The van der Waals surface area contributed by atoms with Crippen molar-refractivity contribution in [2.24, 2.45) is 0 Å². The van der Waals surface area contributed by atoms with Gasteiger partial charge in [-0.25, -0.2) is 4.98 Å². The van der Waals surface area contributed by atoms with Crippen LogP contribution in [-0.4, -0.2) is 15.8 Å². The van der Waals surface area contributed by atoms with Crippen LogP contribution in [-0.2, 0) is 0 Å². The molecule has 1 aromatic heterocycles. The molecule has 0 aliphatic rings. The number of aromatic nitrogens is 2. The zero-order valence-electron chi connectivity index (χ0n) is 18.8. The predicted octanol–water partition coefficient (Wildman–Crippen LogP) is 6.73. The molecule has 0 saturated heterocycles. The van der Waals surface area contributed by atoms with Crippen LogP contribution in [0.5, 0.6) is 0 Å². The van der Waals surface area contributed by atoms with E-state index in [4.69, 9.17) is 22.0 Å². The van der Waals surface area contributed by atoms with E-state index < -0.39 is 0 Å². The van der Waals surface area contributed by atoms with E-state index in [1.165, 1.54) is 5.56 Å². The van der Waals surface area contributed by atoms with Gasteiger partial charge in [0.25, 0.3) is 5.56 Å². The van der Waals surface area contributed by atoms with Gasteiger partial charge in [0.2, 0.25) is 0 Å². The molecule has 6 heteroatoms. The Labute approximate surface area is 198 Å². The summed E-state index contributed by atoms with van der Waals surface area (Å²) in [4.78, 5) is 18.5. The zero-order chi connectivity index (χ0) is 23.5. The predicted molar refractivity (Wildman–Crippen MR) is 137 cm³/mol. The van der Waals surface area contributed by atoms with Crippen LogP contribution < -0.4 is 10.9 Å². The quantitative estimate of drug-likeness (QED) is 0.316. The second-order valence-electron chi connectivity index (χ2n) is 8.18. The molecule has 0 radical (unpaired) electrons. The Morgan fingerprint density at radius 2 is 1.73 bits per heavy atom. The number of hydrogen-bond donors (Lipinski definition) is 2.